The van der Waals surface area contributed by atoms with Gasteiger partial charge in [0.2, 0.25) is 5.95 Å². The zero-order valence-electron chi connectivity index (χ0n) is 24.5. The Bertz CT molecular complexity index is 1740. The highest BCUT2D eigenvalue weighted by atomic mass is 35.5. The summed E-state index contributed by atoms with van der Waals surface area (Å²) in [4.78, 5) is 32.5. The van der Waals surface area contributed by atoms with Gasteiger partial charge in [0, 0.05) is 60.5 Å². The van der Waals surface area contributed by atoms with E-state index in [9.17, 15) is 23.1 Å². The smallest absolute Gasteiger partial charge is 0.275 e. The van der Waals surface area contributed by atoms with Crippen molar-refractivity contribution in [3.63, 3.8) is 0 Å². The van der Waals surface area contributed by atoms with E-state index in [2.05, 4.69) is 40.6 Å². The number of rotatable bonds is 10. The molecular formula is C31H31ClF3N9O2. The topological polar surface area (TPSA) is 134 Å². The second-order valence-electron chi connectivity index (χ2n) is 12.1. The fourth-order valence-electron chi connectivity index (χ4n) is 6.59. The van der Waals surface area contributed by atoms with Gasteiger partial charge in [-0.15, -0.1) is 0 Å². The Morgan fingerprint density at radius 2 is 1.96 bits per heavy atom. The molecule has 0 unspecified atom stereocenters. The molecule has 1 aliphatic heterocycles. The maximum Gasteiger partial charge on any atom is 0.275 e. The average molecular weight is 654 g/mol. The van der Waals surface area contributed by atoms with Gasteiger partial charge in [-0.3, -0.25) is 14.5 Å². The van der Waals surface area contributed by atoms with Gasteiger partial charge >= 0.3 is 0 Å². The van der Waals surface area contributed by atoms with Crippen molar-refractivity contribution in [1.82, 2.24) is 35.0 Å². The quantitative estimate of drug-likeness (QED) is 0.226. The van der Waals surface area contributed by atoms with E-state index >= 15 is 0 Å². The number of carbonyl (C=O) groups is 1. The number of aliphatic hydroxyl groups excluding tert-OH is 1. The number of aromatic nitrogens is 6. The van der Waals surface area contributed by atoms with E-state index in [4.69, 9.17) is 11.6 Å². The number of hydrogen-bond acceptors (Lipinski definition) is 9. The highest BCUT2D eigenvalue weighted by Gasteiger charge is 2.53. The van der Waals surface area contributed by atoms with E-state index in [-0.39, 0.29) is 28.6 Å². The van der Waals surface area contributed by atoms with Crippen LogP contribution in [-0.2, 0) is 6.54 Å². The minimum Gasteiger partial charge on any atom is -0.392 e. The van der Waals surface area contributed by atoms with Crippen molar-refractivity contribution in [2.75, 3.05) is 23.3 Å². The lowest BCUT2D eigenvalue weighted by Crippen LogP contribution is -2.46. The maximum absolute atomic E-state index is 14.7. The van der Waals surface area contributed by atoms with Gasteiger partial charge in [0.1, 0.15) is 5.69 Å². The maximum atomic E-state index is 14.7. The minimum absolute atomic E-state index is 0.157. The molecule has 15 heteroatoms. The summed E-state index contributed by atoms with van der Waals surface area (Å²) in [5, 5.41) is 20.4. The van der Waals surface area contributed by atoms with Crippen LogP contribution < -0.4 is 15.5 Å². The highest BCUT2D eigenvalue weighted by Crippen LogP contribution is 2.50. The van der Waals surface area contributed by atoms with Gasteiger partial charge in [-0.05, 0) is 43.6 Å². The predicted octanol–water partition coefficient (Wildman–Crippen LogP) is 4.49. The predicted molar refractivity (Wildman–Crippen MR) is 163 cm³/mol. The molecule has 1 amide bonds. The van der Waals surface area contributed by atoms with Crippen LogP contribution in [0, 0.1) is 17.7 Å². The number of anilines is 2. The monoisotopic (exact) mass is 653 g/mol. The molecule has 11 nitrogen and oxygen atoms in total. The Balaban J connectivity index is 0.983. The molecule has 3 aromatic heterocycles. The lowest BCUT2D eigenvalue weighted by molar-refractivity contribution is 0.102. The summed E-state index contributed by atoms with van der Waals surface area (Å²) < 4.78 is 43.5. The Kier molecular flexibility index (Phi) is 8.34. The third-order valence-electron chi connectivity index (χ3n) is 9.04. The highest BCUT2D eigenvalue weighted by molar-refractivity contribution is 6.31. The van der Waals surface area contributed by atoms with Crippen LogP contribution in [0.15, 0.2) is 49.3 Å². The molecule has 0 bridgehead atoms. The first-order chi connectivity index (χ1) is 22.2. The van der Waals surface area contributed by atoms with Crippen LogP contribution >= 0.6 is 11.6 Å². The largest absolute Gasteiger partial charge is 0.392 e. The molecule has 3 N–H and O–H groups in total. The van der Waals surface area contributed by atoms with Crippen molar-refractivity contribution in [3.8, 4) is 11.3 Å². The van der Waals surface area contributed by atoms with Gasteiger partial charge in [-0.1, -0.05) is 17.7 Å². The summed E-state index contributed by atoms with van der Waals surface area (Å²) in [5.41, 5.74) is -0.403. The number of carbonyl (C=O) groups excluding carboxylic acids is 1. The van der Waals surface area contributed by atoms with Crippen LogP contribution in [0.3, 0.4) is 0 Å². The molecule has 240 valence electrons. The van der Waals surface area contributed by atoms with Gasteiger partial charge in [0.05, 0.1) is 47.6 Å². The molecule has 3 aliphatic rings. The third kappa shape index (κ3) is 6.16. The summed E-state index contributed by atoms with van der Waals surface area (Å²) >= 11 is 5.82. The minimum atomic E-state index is -2.99. The number of halogens is 4. The van der Waals surface area contributed by atoms with E-state index in [0.29, 0.717) is 36.1 Å². The molecule has 46 heavy (non-hydrogen) atoms. The number of benzene rings is 1. The second kappa shape index (κ2) is 12.6. The van der Waals surface area contributed by atoms with E-state index in [1.54, 1.807) is 23.3 Å². The van der Waals surface area contributed by atoms with E-state index in [1.807, 2.05) is 0 Å². The number of amides is 1. The Hall–Kier alpha value is -4.14. The molecule has 2 saturated carbocycles. The normalized spacial score (nSPS) is 23.6. The Morgan fingerprint density at radius 3 is 2.72 bits per heavy atom. The first kappa shape index (κ1) is 30.5. The van der Waals surface area contributed by atoms with Gasteiger partial charge < -0.3 is 20.6 Å². The number of fused-ring (bicyclic) bond motifs is 1. The summed E-state index contributed by atoms with van der Waals surface area (Å²) in [6, 6.07) is 2.52. The molecule has 1 aromatic carbocycles. The number of nitrogens with one attached hydrogen (secondary N) is 2. The fraction of sp³-hybridized carbons (Fsp3) is 0.419. The number of alkyl halides is 2. The molecule has 0 radical (unpaired) electrons. The average Bonchev–Trinajstić information content (AvgIpc) is 3.30. The molecule has 3 fully saturated rings. The molecule has 2 aliphatic carbocycles. The Labute approximate surface area is 267 Å². The molecule has 1 saturated heterocycles. The molecule has 4 aromatic rings. The zero-order chi connectivity index (χ0) is 31.9. The second-order valence-corrected chi connectivity index (χ2v) is 12.5. The van der Waals surface area contributed by atoms with E-state index in [1.165, 1.54) is 12.6 Å². The van der Waals surface area contributed by atoms with Crippen molar-refractivity contribution in [2.24, 2.45) is 11.8 Å². The van der Waals surface area contributed by atoms with Crippen molar-refractivity contribution in [1.29, 1.82) is 0 Å². The van der Waals surface area contributed by atoms with Crippen LogP contribution in [0.1, 0.15) is 53.7 Å². The number of aliphatic hydroxyl groups is 1. The van der Waals surface area contributed by atoms with Crippen molar-refractivity contribution in [2.45, 2.75) is 56.8 Å². The van der Waals surface area contributed by atoms with Crippen LogP contribution in [0.2, 0.25) is 5.02 Å². The van der Waals surface area contributed by atoms with Crippen LogP contribution in [-0.4, -0.2) is 72.0 Å². The van der Waals surface area contributed by atoms with Gasteiger partial charge in [0.25, 0.3) is 12.3 Å². The zero-order valence-corrected chi connectivity index (χ0v) is 25.3. The number of piperidine rings is 1. The van der Waals surface area contributed by atoms with Crippen molar-refractivity contribution in [3.05, 3.63) is 77.0 Å². The number of nitrogens with zero attached hydrogens (tertiary/aromatic N) is 7. The molecule has 4 heterocycles. The van der Waals surface area contributed by atoms with Gasteiger partial charge in [-0.25, -0.2) is 28.1 Å². The molecule has 5 atom stereocenters. The summed E-state index contributed by atoms with van der Waals surface area (Å²) in [5.74, 6) is 0.234. The molecule has 0 spiro atoms. The standard InChI is InChI=1S/C31H31ClF3N9O2/c32-21-5-4-19(29(34)35)27(28(21)33)23-10-36-11-24(42-23)30(46)41-18-9-40-43(15-18)13-16-7-38-31(39-8-16)44-14-17-6-20(17)25(44)12-37-22-2-1-3-26(22)45/h4-5,7-11,15,17,20,22,25-26,29,37,45H,1-3,6,12-14H2,(H,41,46)/t17-,20-,22+,25-,26+/m1/s1. The fourth-order valence-corrected chi connectivity index (χ4v) is 6.75. The van der Waals surface area contributed by atoms with E-state index in [0.717, 1.165) is 62.4 Å². The summed E-state index contributed by atoms with van der Waals surface area (Å²) in [7, 11) is 0. The van der Waals surface area contributed by atoms with E-state index < -0.39 is 29.3 Å². The SMILES string of the molecule is O=C(Nc1cnn(Cc2cnc(N3C[C@H]4C[C@H]4[C@H]3CN[C@H]3CCC[C@@H]3O)nc2)c1)c1cncc(-c2c(C(F)F)ccc(Cl)c2F)n1. The van der Waals surface area contributed by atoms with Crippen molar-refractivity contribution >= 4 is 29.1 Å². The number of hydrogen-bond donors (Lipinski definition) is 3. The lowest BCUT2D eigenvalue weighted by Gasteiger charge is -2.29. The van der Waals surface area contributed by atoms with Gasteiger partial charge in [0.15, 0.2) is 5.82 Å². The third-order valence-corrected chi connectivity index (χ3v) is 9.33. The molecule has 7 rings (SSSR count). The summed E-state index contributed by atoms with van der Waals surface area (Å²) in [6.07, 6.45) is 9.71. The Morgan fingerprint density at radius 1 is 1.13 bits per heavy atom. The summed E-state index contributed by atoms with van der Waals surface area (Å²) in [6.45, 7) is 2.09. The first-order valence-corrected chi connectivity index (χ1v) is 15.5. The lowest BCUT2D eigenvalue weighted by atomic mass is 10.0. The molecular weight excluding hydrogens is 623 g/mol. The first-order valence-electron chi connectivity index (χ1n) is 15.2. The van der Waals surface area contributed by atoms with Crippen LogP contribution in [0.25, 0.3) is 11.3 Å². The van der Waals surface area contributed by atoms with Crippen LogP contribution in [0.4, 0.5) is 24.8 Å². The van der Waals surface area contributed by atoms with Gasteiger partial charge in [-0.2, -0.15) is 5.10 Å². The van der Waals surface area contributed by atoms with Crippen molar-refractivity contribution < 1.29 is 23.1 Å². The van der Waals surface area contributed by atoms with Crippen LogP contribution in [0.5, 0.6) is 0 Å².